The van der Waals surface area contributed by atoms with Gasteiger partial charge in [0.05, 0.1) is 6.04 Å². The maximum atomic E-state index is 8.62. The van der Waals surface area contributed by atoms with E-state index in [0.29, 0.717) is 0 Å². The van der Waals surface area contributed by atoms with Gasteiger partial charge in [0.1, 0.15) is 0 Å². The molecule has 80 valence electrons. The Labute approximate surface area is 89.0 Å². The fraction of sp³-hybridized carbons (Fsp3) is 0.364. The van der Waals surface area contributed by atoms with Crippen molar-refractivity contribution in [2.24, 2.45) is 10.9 Å². The van der Waals surface area contributed by atoms with Crippen molar-refractivity contribution in [2.75, 3.05) is 0 Å². The zero-order chi connectivity index (χ0) is 10.8. The largest absolute Gasteiger partial charge is 0.409 e. The molecule has 1 atom stereocenters. The van der Waals surface area contributed by atoms with Crippen LogP contribution in [-0.2, 0) is 13.1 Å². The smallest absolute Gasteiger partial charge is 0.156 e. The molecule has 1 aromatic carbocycles. The zero-order valence-corrected chi connectivity index (χ0v) is 8.72. The average Bonchev–Trinajstić information content (AvgIpc) is 2.70. The van der Waals surface area contributed by atoms with Crippen molar-refractivity contribution in [3.05, 3.63) is 35.4 Å². The van der Waals surface area contributed by atoms with E-state index in [1.807, 2.05) is 19.1 Å². The molecule has 1 aliphatic heterocycles. The Morgan fingerprint density at radius 2 is 1.93 bits per heavy atom. The monoisotopic (exact) mass is 205 g/mol. The summed E-state index contributed by atoms with van der Waals surface area (Å²) in [5, 5.41) is 11.7. The number of nitrogens with zero attached hydrogens (tertiary/aromatic N) is 2. The van der Waals surface area contributed by atoms with Crippen LogP contribution < -0.4 is 5.73 Å². The standard InChI is InChI=1S/C11H15N3O/c1-8(11(12)13-15)14-6-9-4-2-3-5-10(9)7-14/h2-5,8,15H,6-7H2,1H3,(H2,12,13). The molecule has 0 fully saturated rings. The third-order valence-corrected chi connectivity index (χ3v) is 2.96. The summed E-state index contributed by atoms with van der Waals surface area (Å²) in [5.74, 6) is 0.266. The first kappa shape index (κ1) is 9.98. The van der Waals surface area contributed by atoms with Gasteiger partial charge in [-0.3, -0.25) is 4.90 Å². The lowest BCUT2D eigenvalue weighted by atomic mass is 10.1. The summed E-state index contributed by atoms with van der Waals surface area (Å²) in [5.41, 5.74) is 8.25. The Bertz CT molecular complexity index is 364. The summed E-state index contributed by atoms with van der Waals surface area (Å²) >= 11 is 0. The van der Waals surface area contributed by atoms with Gasteiger partial charge in [-0.05, 0) is 18.1 Å². The van der Waals surface area contributed by atoms with E-state index in [-0.39, 0.29) is 11.9 Å². The highest BCUT2D eigenvalue weighted by Gasteiger charge is 2.24. The average molecular weight is 205 g/mol. The molecule has 3 N–H and O–H groups in total. The fourth-order valence-corrected chi connectivity index (χ4v) is 1.90. The Morgan fingerprint density at radius 1 is 1.40 bits per heavy atom. The van der Waals surface area contributed by atoms with Crippen LogP contribution in [0.4, 0.5) is 0 Å². The van der Waals surface area contributed by atoms with Crippen molar-refractivity contribution in [3.63, 3.8) is 0 Å². The third-order valence-electron chi connectivity index (χ3n) is 2.96. The van der Waals surface area contributed by atoms with E-state index in [2.05, 4.69) is 22.2 Å². The molecular weight excluding hydrogens is 190 g/mol. The van der Waals surface area contributed by atoms with Crippen LogP contribution >= 0.6 is 0 Å². The van der Waals surface area contributed by atoms with Crippen LogP contribution in [0.2, 0.25) is 0 Å². The lowest BCUT2D eigenvalue weighted by Crippen LogP contribution is -2.39. The Balaban J connectivity index is 2.13. The minimum Gasteiger partial charge on any atom is -0.409 e. The lowest BCUT2D eigenvalue weighted by molar-refractivity contribution is 0.249. The summed E-state index contributed by atoms with van der Waals surface area (Å²) in [6.45, 7) is 3.68. The number of fused-ring (bicyclic) bond motifs is 1. The number of amidine groups is 1. The molecule has 1 aliphatic rings. The molecule has 2 rings (SSSR count). The SMILES string of the molecule is CC(C(N)=NO)N1Cc2ccccc2C1. The molecule has 4 heteroatoms. The van der Waals surface area contributed by atoms with E-state index in [4.69, 9.17) is 10.9 Å². The molecule has 0 spiro atoms. The van der Waals surface area contributed by atoms with E-state index in [9.17, 15) is 0 Å². The number of oxime groups is 1. The molecule has 1 unspecified atom stereocenters. The Kier molecular flexibility index (Phi) is 2.60. The molecule has 4 nitrogen and oxygen atoms in total. The minimum absolute atomic E-state index is 0.0256. The van der Waals surface area contributed by atoms with Gasteiger partial charge in [-0.15, -0.1) is 0 Å². The van der Waals surface area contributed by atoms with E-state index in [1.165, 1.54) is 11.1 Å². The number of benzene rings is 1. The summed E-state index contributed by atoms with van der Waals surface area (Å²) in [6.07, 6.45) is 0. The molecule has 0 saturated heterocycles. The first-order chi connectivity index (χ1) is 7.22. The maximum absolute atomic E-state index is 8.62. The Hall–Kier alpha value is -1.55. The summed E-state index contributed by atoms with van der Waals surface area (Å²) in [7, 11) is 0. The number of hydrogen-bond donors (Lipinski definition) is 2. The van der Waals surface area contributed by atoms with Crippen LogP contribution in [0.3, 0.4) is 0 Å². The molecule has 0 aromatic heterocycles. The van der Waals surface area contributed by atoms with Crippen molar-refractivity contribution in [1.82, 2.24) is 4.90 Å². The van der Waals surface area contributed by atoms with Crippen LogP contribution in [0.25, 0.3) is 0 Å². The van der Waals surface area contributed by atoms with Crippen molar-refractivity contribution in [3.8, 4) is 0 Å². The summed E-state index contributed by atoms with van der Waals surface area (Å²) in [6, 6.07) is 8.29. The van der Waals surface area contributed by atoms with E-state index in [0.717, 1.165) is 13.1 Å². The van der Waals surface area contributed by atoms with Gasteiger partial charge in [0.15, 0.2) is 5.84 Å². The Morgan fingerprint density at radius 3 is 2.40 bits per heavy atom. The summed E-state index contributed by atoms with van der Waals surface area (Å²) < 4.78 is 0. The molecule has 0 amide bonds. The van der Waals surface area contributed by atoms with Gasteiger partial charge in [0.25, 0.3) is 0 Å². The van der Waals surface area contributed by atoms with Crippen LogP contribution in [0, 0.1) is 0 Å². The van der Waals surface area contributed by atoms with Gasteiger partial charge in [0, 0.05) is 13.1 Å². The number of hydrogen-bond acceptors (Lipinski definition) is 3. The highest BCUT2D eigenvalue weighted by molar-refractivity contribution is 5.84. The van der Waals surface area contributed by atoms with Crippen molar-refractivity contribution >= 4 is 5.84 Å². The zero-order valence-electron chi connectivity index (χ0n) is 8.72. The first-order valence-electron chi connectivity index (χ1n) is 5.00. The van der Waals surface area contributed by atoms with E-state index >= 15 is 0 Å². The number of rotatable bonds is 2. The maximum Gasteiger partial charge on any atom is 0.156 e. The molecule has 1 heterocycles. The number of nitrogens with two attached hydrogens (primary N) is 1. The fourth-order valence-electron chi connectivity index (χ4n) is 1.90. The van der Waals surface area contributed by atoms with Gasteiger partial charge in [0.2, 0.25) is 0 Å². The van der Waals surface area contributed by atoms with Crippen molar-refractivity contribution in [1.29, 1.82) is 0 Å². The highest BCUT2D eigenvalue weighted by Crippen LogP contribution is 2.23. The van der Waals surface area contributed by atoms with Crippen molar-refractivity contribution in [2.45, 2.75) is 26.1 Å². The van der Waals surface area contributed by atoms with E-state index in [1.54, 1.807) is 0 Å². The molecular formula is C11H15N3O. The molecule has 0 bridgehead atoms. The predicted molar refractivity (Wildman–Crippen MR) is 58.6 cm³/mol. The molecule has 0 radical (unpaired) electrons. The van der Waals surface area contributed by atoms with Gasteiger partial charge >= 0.3 is 0 Å². The van der Waals surface area contributed by atoms with Crippen molar-refractivity contribution < 1.29 is 5.21 Å². The van der Waals surface area contributed by atoms with Gasteiger partial charge < -0.3 is 10.9 Å². The second kappa shape index (κ2) is 3.90. The molecule has 0 aliphatic carbocycles. The van der Waals surface area contributed by atoms with Crippen LogP contribution in [0.1, 0.15) is 18.1 Å². The topological polar surface area (TPSA) is 61.9 Å². The highest BCUT2D eigenvalue weighted by atomic mass is 16.4. The molecule has 15 heavy (non-hydrogen) atoms. The minimum atomic E-state index is -0.0256. The predicted octanol–water partition coefficient (Wildman–Crippen LogP) is 1.14. The van der Waals surface area contributed by atoms with Crippen LogP contribution in [-0.4, -0.2) is 22.0 Å². The van der Waals surface area contributed by atoms with Crippen LogP contribution in [0.5, 0.6) is 0 Å². The normalized spacial score (nSPS) is 18.9. The second-order valence-corrected chi connectivity index (χ2v) is 3.87. The summed E-state index contributed by atoms with van der Waals surface area (Å²) in [4.78, 5) is 2.18. The lowest BCUT2D eigenvalue weighted by Gasteiger charge is -2.22. The molecule has 1 aromatic rings. The van der Waals surface area contributed by atoms with Gasteiger partial charge in [-0.1, -0.05) is 29.4 Å². The quantitative estimate of drug-likeness (QED) is 0.329. The third kappa shape index (κ3) is 1.80. The molecule has 0 saturated carbocycles. The van der Waals surface area contributed by atoms with E-state index < -0.39 is 0 Å². The van der Waals surface area contributed by atoms with Gasteiger partial charge in [-0.2, -0.15) is 0 Å². The van der Waals surface area contributed by atoms with Crippen LogP contribution in [0.15, 0.2) is 29.4 Å². The van der Waals surface area contributed by atoms with Gasteiger partial charge in [-0.25, -0.2) is 0 Å². The second-order valence-electron chi connectivity index (χ2n) is 3.87. The first-order valence-corrected chi connectivity index (χ1v) is 5.00.